The first kappa shape index (κ1) is 14.0. The molecule has 5 heteroatoms. The van der Waals surface area contributed by atoms with Crippen LogP contribution in [0.4, 0.5) is 0 Å². The molecule has 0 spiro atoms. The van der Waals surface area contributed by atoms with Gasteiger partial charge in [0, 0.05) is 5.75 Å². The van der Waals surface area contributed by atoms with Gasteiger partial charge < -0.3 is 14.9 Å². The maximum Gasteiger partial charge on any atom is 0.309 e. The van der Waals surface area contributed by atoms with Gasteiger partial charge in [-0.05, 0) is 11.1 Å². The lowest BCUT2D eigenvalue weighted by Crippen LogP contribution is -2.21. The van der Waals surface area contributed by atoms with Gasteiger partial charge in [0.1, 0.15) is 6.10 Å². The van der Waals surface area contributed by atoms with Crippen molar-refractivity contribution in [3.63, 3.8) is 0 Å². The predicted octanol–water partition coefficient (Wildman–Crippen LogP) is 0.726. The third kappa shape index (κ3) is 3.73. The summed E-state index contributed by atoms with van der Waals surface area (Å²) in [5.74, 6) is -0.238. The molecule has 0 saturated heterocycles. The number of esters is 1. The molecule has 2 unspecified atom stereocenters. The second-order valence-electron chi connectivity index (χ2n) is 3.65. The molecular formula is C12H16O4S. The highest BCUT2D eigenvalue weighted by Gasteiger charge is 2.20. The fourth-order valence-corrected chi connectivity index (χ4v) is 1.72. The lowest BCUT2D eigenvalue weighted by molar-refractivity contribution is -0.139. The zero-order valence-corrected chi connectivity index (χ0v) is 10.4. The van der Waals surface area contributed by atoms with Crippen molar-refractivity contribution in [2.45, 2.75) is 18.6 Å². The Labute approximate surface area is 106 Å². The van der Waals surface area contributed by atoms with Gasteiger partial charge in [0.15, 0.2) is 0 Å². The number of aliphatic hydroxyl groups is 2. The van der Waals surface area contributed by atoms with Crippen molar-refractivity contribution in [2.75, 3.05) is 12.9 Å². The zero-order chi connectivity index (χ0) is 12.8. The molecule has 0 fully saturated rings. The van der Waals surface area contributed by atoms with Crippen molar-refractivity contribution < 1.29 is 19.7 Å². The van der Waals surface area contributed by atoms with Crippen LogP contribution in [-0.2, 0) is 16.0 Å². The van der Waals surface area contributed by atoms with Crippen LogP contribution < -0.4 is 0 Å². The summed E-state index contributed by atoms with van der Waals surface area (Å²) in [4.78, 5) is 11.2. The Balaban J connectivity index is 2.94. The van der Waals surface area contributed by atoms with Gasteiger partial charge >= 0.3 is 5.97 Å². The molecule has 94 valence electrons. The molecule has 1 aromatic rings. The number of hydrogen-bond acceptors (Lipinski definition) is 5. The van der Waals surface area contributed by atoms with Crippen molar-refractivity contribution >= 4 is 18.6 Å². The molecule has 0 radical (unpaired) electrons. The van der Waals surface area contributed by atoms with E-state index in [1.165, 1.54) is 7.11 Å². The second-order valence-corrected chi connectivity index (χ2v) is 4.01. The molecule has 0 amide bonds. The Morgan fingerprint density at radius 2 is 2.06 bits per heavy atom. The van der Waals surface area contributed by atoms with Gasteiger partial charge in [0.2, 0.25) is 0 Å². The predicted molar refractivity (Wildman–Crippen MR) is 67.0 cm³/mol. The van der Waals surface area contributed by atoms with Gasteiger partial charge in [-0.1, -0.05) is 24.3 Å². The van der Waals surface area contributed by atoms with Gasteiger partial charge in [0.25, 0.3) is 0 Å². The summed E-state index contributed by atoms with van der Waals surface area (Å²) in [6.07, 6.45) is -1.94. The number of benzene rings is 1. The summed E-state index contributed by atoms with van der Waals surface area (Å²) in [7, 11) is 1.31. The summed E-state index contributed by atoms with van der Waals surface area (Å²) in [6, 6.07) is 6.91. The number of methoxy groups -OCH3 is 1. The molecule has 17 heavy (non-hydrogen) atoms. The van der Waals surface area contributed by atoms with Crippen molar-refractivity contribution in [1.82, 2.24) is 0 Å². The average molecular weight is 256 g/mol. The van der Waals surface area contributed by atoms with Crippen molar-refractivity contribution in [1.29, 1.82) is 0 Å². The van der Waals surface area contributed by atoms with Crippen molar-refractivity contribution in [3.05, 3.63) is 35.4 Å². The molecule has 1 aromatic carbocycles. The number of aliphatic hydroxyl groups excluding tert-OH is 2. The number of rotatable bonds is 5. The van der Waals surface area contributed by atoms with E-state index in [-0.39, 0.29) is 18.1 Å². The SMILES string of the molecule is COC(=O)Cc1ccccc1C(O)C(O)CS. The van der Waals surface area contributed by atoms with E-state index in [4.69, 9.17) is 0 Å². The molecule has 0 saturated carbocycles. The number of carbonyl (C=O) groups is 1. The standard InChI is InChI=1S/C12H16O4S/c1-16-11(14)6-8-4-2-3-5-9(8)12(15)10(13)7-17/h2-5,10,12-13,15,17H,6-7H2,1H3. The average Bonchev–Trinajstić information content (AvgIpc) is 2.37. The molecule has 0 aliphatic rings. The monoisotopic (exact) mass is 256 g/mol. The molecule has 2 atom stereocenters. The van der Waals surface area contributed by atoms with Crippen LogP contribution in [0.2, 0.25) is 0 Å². The van der Waals surface area contributed by atoms with E-state index < -0.39 is 12.2 Å². The molecule has 0 aliphatic heterocycles. The highest BCUT2D eigenvalue weighted by Crippen LogP contribution is 2.22. The highest BCUT2D eigenvalue weighted by molar-refractivity contribution is 7.80. The van der Waals surface area contributed by atoms with Crippen LogP contribution in [0.5, 0.6) is 0 Å². The number of carbonyl (C=O) groups excluding carboxylic acids is 1. The second kappa shape index (κ2) is 6.64. The zero-order valence-electron chi connectivity index (χ0n) is 9.54. The number of hydrogen-bond donors (Lipinski definition) is 3. The molecule has 0 heterocycles. The minimum atomic E-state index is -1.05. The molecule has 0 bridgehead atoms. The first-order chi connectivity index (χ1) is 8.10. The summed E-state index contributed by atoms with van der Waals surface area (Å²) < 4.78 is 4.58. The van der Waals surface area contributed by atoms with Crippen LogP contribution in [0.25, 0.3) is 0 Å². The van der Waals surface area contributed by atoms with Crippen LogP contribution >= 0.6 is 12.6 Å². The Bertz CT molecular complexity index is 381. The molecule has 0 aromatic heterocycles. The maximum absolute atomic E-state index is 11.2. The van der Waals surface area contributed by atoms with Gasteiger partial charge in [-0.25, -0.2) is 0 Å². The first-order valence-corrected chi connectivity index (χ1v) is 5.85. The van der Waals surface area contributed by atoms with E-state index in [2.05, 4.69) is 17.4 Å². The Hall–Kier alpha value is -1.04. The van der Waals surface area contributed by atoms with E-state index in [1.807, 2.05) is 0 Å². The Kier molecular flexibility index (Phi) is 5.47. The van der Waals surface area contributed by atoms with E-state index in [0.29, 0.717) is 11.1 Å². The maximum atomic E-state index is 11.2. The molecule has 4 nitrogen and oxygen atoms in total. The summed E-state index contributed by atoms with van der Waals surface area (Å²) in [5, 5.41) is 19.5. The van der Waals surface area contributed by atoms with E-state index in [9.17, 15) is 15.0 Å². The van der Waals surface area contributed by atoms with Gasteiger partial charge in [-0.2, -0.15) is 12.6 Å². The van der Waals surface area contributed by atoms with Crippen LogP contribution in [0.3, 0.4) is 0 Å². The topological polar surface area (TPSA) is 66.8 Å². The summed E-state index contributed by atoms with van der Waals surface area (Å²) >= 11 is 3.93. The smallest absolute Gasteiger partial charge is 0.309 e. The lowest BCUT2D eigenvalue weighted by Gasteiger charge is -2.19. The van der Waals surface area contributed by atoms with Crippen molar-refractivity contribution in [3.8, 4) is 0 Å². The normalized spacial score (nSPS) is 14.1. The number of thiol groups is 1. The van der Waals surface area contributed by atoms with E-state index >= 15 is 0 Å². The Morgan fingerprint density at radius 3 is 2.65 bits per heavy atom. The minimum Gasteiger partial charge on any atom is -0.469 e. The van der Waals surface area contributed by atoms with Crippen molar-refractivity contribution in [2.24, 2.45) is 0 Å². The van der Waals surface area contributed by atoms with Gasteiger partial charge in [0.05, 0.1) is 19.6 Å². The van der Waals surface area contributed by atoms with Gasteiger partial charge in [-0.3, -0.25) is 4.79 Å². The van der Waals surface area contributed by atoms with Gasteiger partial charge in [-0.15, -0.1) is 0 Å². The van der Waals surface area contributed by atoms with Crippen LogP contribution in [-0.4, -0.2) is 35.1 Å². The first-order valence-electron chi connectivity index (χ1n) is 5.21. The fraction of sp³-hybridized carbons (Fsp3) is 0.417. The lowest BCUT2D eigenvalue weighted by atomic mass is 9.97. The summed E-state index contributed by atoms with van der Waals surface area (Å²) in [6.45, 7) is 0. The highest BCUT2D eigenvalue weighted by atomic mass is 32.1. The molecule has 0 aliphatic carbocycles. The molecule has 1 rings (SSSR count). The quantitative estimate of drug-likeness (QED) is 0.536. The fourth-order valence-electron chi connectivity index (χ4n) is 1.52. The minimum absolute atomic E-state index is 0.0724. The third-order valence-corrected chi connectivity index (χ3v) is 2.86. The summed E-state index contributed by atoms with van der Waals surface area (Å²) in [5.41, 5.74) is 1.17. The third-order valence-electron chi connectivity index (χ3n) is 2.49. The molecule has 2 N–H and O–H groups in total. The van der Waals surface area contributed by atoms with Crippen LogP contribution in [0.15, 0.2) is 24.3 Å². The largest absolute Gasteiger partial charge is 0.469 e. The number of ether oxygens (including phenoxy) is 1. The van der Waals surface area contributed by atoms with Crippen LogP contribution in [0, 0.1) is 0 Å². The molecular weight excluding hydrogens is 240 g/mol. The van der Waals surface area contributed by atoms with E-state index in [0.717, 1.165) is 0 Å². The Morgan fingerprint density at radius 1 is 1.41 bits per heavy atom. The van der Waals surface area contributed by atoms with Crippen LogP contribution in [0.1, 0.15) is 17.2 Å². The van der Waals surface area contributed by atoms with E-state index in [1.54, 1.807) is 24.3 Å².